The van der Waals surface area contributed by atoms with Gasteiger partial charge in [-0.3, -0.25) is 4.79 Å². The first kappa shape index (κ1) is 16.5. The van der Waals surface area contributed by atoms with Crippen LogP contribution in [0.15, 0.2) is 48.5 Å². The molecule has 1 aliphatic rings. The first-order valence-electron chi connectivity index (χ1n) is 7.60. The Morgan fingerprint density at radius 1 is 1.08 bits per heavy atom. The van der Waals surface area contributed by atoms with Gasteiger partial charge in [-0.15, -0.1) is 0 Å². The van der Waals surface area contributed by atoms with E-state index in [9.17, 15) is 22.4 Å². The maximum atomic E-state index is 14.0. The van der Waals surface area contributed by atoms with Crippen LogP contribution in [-0.2, 0) is 6.18 Å². The molecule has 0 bridgehead atoms. The standard InChI is InChI=1S/C18H15F4NO/c19-15-8-2-1-7-14(15)16-9-4-10-23(16)17(24)12-5-3-6-13(11-12)18(20,21)22/h1-3,5-8,11,16H,4,9-10H2. The molecule has 1 heterocycles. The summed E-state index contributed by atoms with van der Waals surface area (Å²) < 4.78 is 52.5. The molecule has 0 aromatic heterocycles. The molecule has 2 nitrogen and oxygen atoms in total. The van der Waals surface area contributed by atoms with E-state index in [2.05, 4.69) is 0 Å². The van der Waals surface area contributed by atoms with Crippen LogP contribution in [0, 0.1) is 5.82 Å². The maximum Gasteiger partial charge on any atom is 0.416 e. The van der Waals surface area contributed by atoms with Crippen LogP contribution in [0.25, 0.3) is 0 Å². The third-order valence-corrected chi connectivity index (χ3v) is 4.21. The Morgan fingerprint density at radius 3 is 2.54 bits per heavy atom. The first-order chi connectivity index (χ1) is 11.4. The molecule has 0 saturated carbocycles. The molecule has 1 saturated heterocycles. The zero-order valence-electron chi connectivity index (χ0n) is 12.7. The van der Waals surface area contributed by atoms with Crippen molar-refractivity contribution in [3.8, 4) is 0 Å². The van der Waals surface area contributed by atoms with Crippen LogP contribution in [0.4, 0.5) is 17.6 Å². The fourth-order valence-corrected chi connectivity index (χ4v) is 3.07. The Morgan fingerprint density at radius 2 is 1.83 bits per heavy atom. The lowest BCUT2D eigenvalue weighted by atomic mass is 10.0. The Kier molecular flexibility index (Phi) is 4.30. The van der Waals surface area contributed by atoms with Crippen LogP contribution in [-0.4, -0.2) is 17.4 Å². The largest absolute Gasteiger partial charge is 0.416 e. The number of carbonyl (C=O) groups excluding carboxylic acids is 1. The van der Waals surface area contributed by atoms with Crippen molar-refractivity contribution in [1.29, 1.82) is 0 Å². The van der Waals surface area contributed by atoms with Gasteiger partial charge in [0.1, 0.15) is 5.82 Å². The molecule has 1 unspecified atom stereocenters. The van der Waals surface area contributed by atoms with Crippen LogP contribution in [0.2, 0.25) is 0 Å². The van der Waals surface area contributed by atoms with Gasteiger partial charge in [0.15, 0.2) is 0 Å². The van der Waals surface area contributed by atoms with Gasteiger partial charge in [0.2, 0.25) is 0 Å². The fraction of sp³-hybridized carbons (Fsp3) is 0.278. The van der Waals surface area contributed by atoms with E-state index in [0.29, 0.717) is 24.9 Å². The van der Waals surface area contributed by atoms with Gasteiger partial charge in [-0.2, -0.15) is 13.2 Å². The number of nitrogens with zero attached hydrogens (tertiary/aromatic N) is 1. The van der Waals surface area contributed by atoms with Gasteiger partial charge < -0.3 is 4.90 Å². The second-order valence-corrected chi connectivity index (χ2v) is 5.76. The summed E-state index contributed by atoms with van der Waals surface area (Å²) >= 11 is 0. The summed E-state index contributed by atoms with van der Waals surface area (Å²) in [6.45, 7) is 0.397. The summed E-state index contributed by atoms with van der Waals surface area (Å²) in [6.07, 6.45) is -3.23. The van der Waals surface area contributed by atoms with Gasteiger partial charge in [-0.05, 0) is 37.1 Å². The number of halogens is 4. The zero-order chi connectivity index (χ0) is 17.3. The van der Waals surface area contributed by atoms with Gasteiger partial charge >= 0.3 is 6.18 Å². The predicted molar refractivity (Wildman–Crippen MR) is 80.9 cm³/mol. The number of hydrogen-bond acceptors (Lipinski definition) is 1. The molecule has 3 rings (SSSR count). The molecule has 24 heavy (non-hydrogen) atoms. The molecule has 1 atom stereocenters. The molecule has 1 fully saturated rings. The molecule has 0 aliphatic carbocycles. The third kappa shape index (κ3) is 3.13. The van der Waals surface area contributed by atoms with Crippen LogP contribution in [0.1, 0.15) is 40.4 Å². The first-order valence-corrected chi connectivity index (χ1v) is 7.60. The second-order valence-electron chi connectivity index (χ2n) is 5.76. The molecule has 6 heteroatoms. The van der Waals surface area contributed by atoms with Gasteiger partial charge in [0.05, 0.1) is 11.6 Å². The highest BCUT2D eigenvalue weighted by Gasteiger charge is 2.34. The van der Waals surface area contributed by atoms with E-state index in [0.717, 1.165) is 12.1 Å². The Labute approximate surface area is 136 Å². The van der Waals surface area contributed by atoms with Crippen molar-refractivity contribution in [2.24, 2.45) is 0 Å². The topological polar surface area (TPSA) is 20.3 Å². The van der Waals surface area contributed by atoms with Gasteiger partial charge in [0, 0.05) is 17.7 Å². The average molecular weight is 337 g/mol. The van der Waals surface area contributed by atoms with Gasteiger partial charge in [-0.1, -0.05) is 24.3 Å². The van der Waals surface area contributed by atoms with E-state index in [1.807, 2.05) is 0 Å². The molecule has 1 aliphatic heterocycles. The molecular weight excluding hydrogens is 322 g/mol. The van der Waals surface area contributed by atoms with Crippen LogP contribution < -0.4 is 0 Å². The number of alkyl halides is 3. The lowest BCUT2D eigenvalue weighted by molar-refractivity contribution is -0.137. The number of hydrogen-bond donors (Lipinski definition) is 0. The van der Waals surface area contributed by atoms with Crippen molar-refractivity contribution in [1.82, 2.24) is 4.90 Å². The summed E-state index contributed by atoms with van der Waals surface area (Å²) in [5, 5.41) is 0. The molecule has 0 radical (unpaired) electrons. The smallest absolute Gasteiger partial charge is 0.331 e. The van der Waals surface area contributed by atoms with Crippen molar-refractivity contribution in [3.05, 3.63) is 71.0 Å². The Bertz CT molecular complexity index is 757. The molecule has 126 valence electrons. The quantitative estimate of drug-likeness (QED) is 0.719. The number of rotatable bonds is 2. The Balaban J connectivity index is 1.91. The molecule has 0 N–H and O–H groups in total. The van der Waals surface area contributed by atoms with E-state index in [-0.39, 0.29) is 5.56 Å². The number of amides is 1. The minimum absolute atomic E-state index is 0.0342. The summed E-state index contributed by atoms with van der Waals surface area (Å²) in [5.74, 6) is -0.918. The van der Waals surface area contributed by atoms with E-state index in [1.165, 1.54) is 23.1 Å². The molecule has 2 aromatic carbocycles. The summed E-state index contributed by atoms with van der Waals surface area (Å²) in [6, 6.07) is 10.1. The highest BCUT2D eigenvalue weighted by atomic mass is 19.4. The fourth-order valence-electron chi connectivity index (χ4n) is 3.07. The van der Waals surface area contributed by atoms with E-state index in [4.69, 9.17) is 0 Å². The highest BCUT2D eigenvalue weighted by Crippen LogP contribution is 2.35. The third-order valence-electron chi connectivity index (χ3n) is 4.21. The lowest BCUT2D eigenvalue weighted by Gasteiger charge is -2.25. The van der Waals surface area contributed by atoms with Gasteiger partial charge in [-0.25, -0.2) is 4.39 Å². The average Bonchev–Trinajstić information content (AvgIpc) is 3.03. The summed E-state index contributed by atoms with van der Waals surface area (Å²) in [5.41, 5.74) is -0.502. The van der Waals surface area contributed by atoms with Crippen molar-refractivity contribution in [3.63, 3.8) is 0 Å². The minimum Gasteiger partial charge on any atom is -0.331 e. The summed E-state index contributed by atoms with van der Waals surface area (Å²) in [4.78, 5) is 14.1. The lowest BCUT2D eigenvalue weighted by Crippen LogP contribution is -2.31. The molecule has 1 amide bonds. The monoisotopic (exact) mass is 337 g/mol. The number of carbonyl (C=O) groups is 1. The van der Waals surface area contributed by atoms with E-state index in [1.54, 1.807) is 18.2 Å². The second kappa shape index (κ2) is 6.26. The maximum absolute atomic E-state index is 14.0. The van der Waals surface area contributed by atoms with Gasteiger partial charge in [0.25, 0.3) is 5.91 Å². The highest BCUT2D eigenvalue weighted by molar-refractivity contribution is 5.95. The van der Waals surface area contributed by atoms with Crippen molar-refractivity contribution in [2.45, 2.75) is 25.1 Å². The van der Waals surface area contributed by atoms with Crippen molar-refractivity contribution in [2.75, 3.05) is 6.54 Å². The zero-order valence-corrected chi connectivity index (χ0v) is 12.7. The minimum atomic E-state index is -4.51. The SMILES string of the molecule is O=C(c1cccc(C(F)(F)F)c1)N1CCCC1c1ccccc1F. The van der Waals surface area contributed by atoms with Crippen LogP contribution in [0.5, 0.6) is 0 Å². The predicted octanol–water partition coefficient (Wildman–Crippen LogP) is 4.82. The molecule has 0 spiro atoms. The molecular formula is C18H15F4NO. The molecule has 2 aromatic rings. The van der Waals surface area contributed by atoms with Crippen LogP contribution >= 0.6 is 0 Å². The summed E-state index contributed by atoms with van der Waals surface area (Å²) in [7, 11) is 0. The normalized spacial score (nSPS) is 18.0. The number of likely N-dealkylation sites (tertiary alicyclic amines) is 1. The van der Waals surface area contributed by atoms with Crippen LogP contribution in [0.3, 0.4) is 0 Å². The Hall–Kier alpha value is -2.37. The van der Waals surface area contributed by atoms with E-state index >= 15 is 0 Å². The number of benzene rings is 2. The van der Waals surface area contributed by atoms with Crippen molar-refractivity contribution < 1.29 is 22.4 Å². The van der Waals surface area contributed by atoms with Crippen molar-refractivity contribution >= 4 is 5.91 Å². The van der Waals surface area contributed by atoms with E-state index < -0.39 is 29.5 Å².